The van der Waals surface area contributed by atoms with Crippen LogP contribution in [0.25, 0.3) is 166 Å². The molecule has 0 aliphatic carbocycles. The van der Waals surface area contributed by atoms with Crippen molar-refractivity contribution in [2.75, 3.05) is 74.0 Å². The van der Waals surface area contributed by atoms with Crippen LogP contribution in [0.15, 0.2) is 338 Å². The van der Waals surface area contributed by atoms with Gasteiger partial charge in [-0.2, -0.15) is 0 Å². The third-order valence-electron chi connectivity index (χ3n) is 25.3. The summed E-state index contributed by atoms with van der Waals surface area (Å²) >= 11 is 0. The molecule has 0 saturated heterocycles. The number of nitrogens with zero attached hydrogens (tertiary/aromatic N) is 13. The molecule has 5 N–H and O–H groups in total. The van der Waals surface area contributed by atoms with Gasteiger partial charge >= 0.3 is 0 Å². The van der Waals surface area contributed by atoms with Gasteiger partial charge in [-0.05, 0) is 248 Å². The minimum atomic E-state index is -0.618. The molecule has 30 heteroatoms. The van der Waals surface area contributed by atoms with E-state index in [4.69, 9.17) is 9.47 Å². The molecule has 20 rings (SSSR count). The number of aryl methyl sites for hydroxylation is 5. The Labute approximate surface area is 855 Å². The second-order valence-corrected chi connectivity index (χ2v) is 34.9. The molecule has 20 aromatic rings. The van der Waals surface area contributed by atoms with E-state index in [1.807, 2.05) is 131 Å². The normalized spacial score (nSPS) is 10.9. The van der Waals surface area contributed by atoms with Crippen LogP contribution in [-0.4, -0.2) is 144 Å². The molecule has 0 saturated carbocycles. The fourth-order valence-corrected chi connectivity index (χ4v) is 17.2. The van der Waals surface area contributed by atoms with Gasteiger partial charge in [-0.25, -0.2) is 46.9 Å². The van der Waals surface area contributed by atoms with Gasteiger partial charge in [-0.3, -0.25) is 38.9 Å². The average Bonchev–Trinajstić information content (AvgIpc) is 1.72. The first kappa shape index (κ1) is 103. The Bertz CT molecular complexity index is 7990. The molecule has 13 aromatic heterocycles. The monoisotopic (exact) mass is 1990 g/mol. The zero-order valence-electron chi connectivity index (χ0n) is 83.5. The number of fused-ring (bicyclic) bond motifs is 5. The molecule has 7 aromatic carbocycles. The second kappa shape index (κ2) is 44.7. The second-order valence-electron chi connectivity index (χ2n) is 34.9. The highest BCUT2D eigenvalue weighted by Gasteiger charge is 2.26. The van der Waals surface area contributed by atoms with Crippen molar-refractivity contribution in [1.29, 1.82) is 0 Å². The zero-order valence-corrected chi connectivity index (χ0v) is 83.5. The zero-order chi connectivity index (χ0) is 106. The van der Waals surface area contributed by atoms with Crippen molar-refractivity contribution < 1.29 is 55.4 Å². The number of nitrogens with one attached hydrogen (secondary N) is 5. The van der Waals surface area contributed by atoms with Gasteiger partial charge in [0.1, 0.15) is 45.7 Å². The Morgan fingerprint density at radius 1 is 0.268 bits per heavy atom. The molecule has 0 atom stereocenters. The number of carbonyl (C=O) groups is 5. The van der Waals surface area contributed by atoms with E-state index in [2.05, 4.69) is 148 Å². The first-order chi connectivity index (χ1) is 71.8. The summed E-state index contributed by atoms with van der Waals surface area (Å²) in [4.78, 5) is 117. The van der Waals surface area contributed by atoms with Crippen LogP contribution < -0.4 is 34.0 Å². The Hall–Kier alpha value is -19.3. The van der Waals surface area contributed by atoms with Gasteiger partial charge in [0.05, 0.1) is 42.7 Å². The fourth-order valence-electron chi connectivity index (χ4n) is 17.2. The largest absolute Gasteiger partial charge is 0.494 e. The number of benzene rings is 7. The molecule has 0 spiro atoms. The summed E-state index contributed by atoms with van der Waals surface area (Å²) in [5.74, 6) is -4.54. The van der Waals surface area contributed by atoms with Crippen LogP contribution in [0.3, 0.4) is 0 Å². The summed E-state index contributed by atoms with van der Waals surface area (Å²) in [5.41, 5.74) is 27.8. The van der Waals surface area contributed by atoms with Crippen LogP contribution in [0.5, 0.6) is 11.5 Å². The molecule has 744 valence electrons. The van der Waals surface area contributed by atoms with Gasteiger partial charge in [0, 0.05) is 215 Å². The van der Waals surface area contributed by atoms with E-state index in [0.717, 1.165) is 203 Å². The van der Waals surface area contributed by atoms with Crippen LogP contribution in [0.2, 0.25) is 0 Å². The van der Waals surface area contributed by atoms with E-state index in [1.165, 1.54) is 103 Å². The van der Waals surface area contributed by atoms with Crippen LogP contribution in [0.1, 0.15) is 28.2 Å². The summed E-state index contributed by atoms with van der Waals surface area (Å²) in [6.45, 7) is 27.3. The summed E-state index contributed by atoms with van der Waals surface area (Å²) in [7, 11) is 10.3. The lowest BCUT2D eigenvalue weighted by Crippen LogP contribution is -2.25. The summed E-state index contributed by atoms with van der Waals surface area (Å²) < 4.78 is 83.1. The van der Waals surface area contributed by atoms with E-state index in [-0.39, 0.29) is 57.7 Å². The Morgan fingerprint density at radius 2 is 0.503 bits per heavy atom. The Balaban J connectivity index is 0.000000133. The average molecular weight is 1990 g/mol. The standard InChI is InChI=1S/C25H22FN3O2.C24H21FN4O2.C24H20FN3O.2C23H19FN4O/c1-5-23(30)29(3)21-11-17(12-22(31-4)24(21)26)18-10-19-20(14-28-25(19)27-13-18)16-8-6-7-15(2)9-16;1-5-22(30)29(3)20-10-16(11-21(31-4)23(20)25)17-9-18-19(13-28-24(18)27-12-17)15-6-7-26-14(2)8-15;1-4-23(29)28(3)22-12-16(8-9-21(22)25)18-11-19-20(14-27-24(19)26-13-18)17-7-5-6-15(2)10-17;2*1-4-22(29)28(3)21-11-15(5-6-20(21)24)17-10-18-19(13-27-23(18)26-12-17)16-7-8-25-14(2)9-16/h5-14H,1H2,2-4H3,(H,27,28);5-13H,1H2,2-4H3,(H,27,28);4-14H,1H2,2-3H3,(H,26,27);2*4-13H,1H2,2-3H3,(H,26,27). The van der Waals surface area contributed by atoms with Crippen molar-refractivity contribution in [3.8, 4) is 123 Å². The highest BCUT2D eigenvalue weighted by atomic mass is 19.1. The molecule has 149 heavy (non-hydrogen) atoms. The van der Waals surface area contributed by atoms with Crippen molar-refractivity contribution >= 4 is 113 Å². The lowest BCUT2D eigenvalue weighted by atomic mass is 10.0. The van der Waals surface area contributed by atoms with Gasteiger partial charge in [-0.1, -0.05) is 111 Å². The Morgan fingerprint density at radius 3 is 0.738 bits per heavy atom. The van der Waals surface area contributed by atoms with Gasteiger partial charge in [0.15, 0.2) is 23.1 Å². The number of anilines is 5. The molecule has 0 unspecified atom stereocenters. The maximum Gasteiger partial charge on any atom is 0.250 e. The van der Waals surface area contributed by atoms with Crippen molar-refractivity contribution in [2.24, 2.45) is 0 Å². The van der Waals surface area contributed by atoms with Crippen molar-refractivity contribution in [3.63, 3.8) is 0 Å². The number of carbonyl (C=O) groups excluding carboxylic acids is 5. The number of methoxy groups -OCH3 is 2. The molecule has 0 fully saturated rings. The predicted molar refractivity (Wildman–Crippen MR) is 583 cm³/mol. The first-order valence-corrected chi connectivity index (χ1v) is 46.7. The van der Waals surface area contributed by atoms with Crippen LogP contribution in [0, 0.1) is 63.7 Å². The van der Waals surface area contributed by atoms with Crippen molar-refractivity contribution in [1.82, 2.24) is 64.8 Å². The number of hydrogen-bond acceptors (Lipinski definition) is 15. The molecular formula is C119H101F5N18O7. The van der Waals surface area contributed by atoms with Gasteiger partial charge in [0.2, 0.25) is 29.5 Å². The number of amides is 5. The van der Waals surface area contributed by atoms with Gasteiger partial charge in [-0.15, -0.1) is 0 Å². The number of halogens is 5. The minimum Gasteiger partial charge on any atom is -0.494 e. The maximum atomic E-state index is 14.9. The van der Waals surface area contributed by atoms with Crippen molar-refractivity contribution in [2.45, 2.75) is 34.6 Å². The number of rotatable bonds is 22. The fraction of sp³-hybridized carbons (Fsp3) is 0.101. The molecule has 0 radical (unpaired) electrons. The molecule has 0 bridgehead atoms. The smallest absolute Gasteiger partial charge is 0.250 e. The van der Waals surface area contributed by atoms with E-state index < -0.39 is 40.9 Å². The Kier molecular flexibility index (Phi) is 30.8. The number of aromatic nitrogens is 13. The molecule has 25 nitrogen and oxygen atoms in total. The molecular weight excluding hydrogens is 1890 g/mol. The third kappa shape index (κ3) is 22.1. The third-order valence-corrected chi connectivity index (χ3v) is 25.3. The maximum absolute atomic E-state index is 14.9. The van der Waals surface area contributed by atoms with E-state index in [9.17, 15) is 45.9 Å². The molecule has 0 aliphatic rings. The van der Waals surface area contributed by atoms with Crippen LogP contribution in [-0.2, 0) is 24.0 Å². The number of hydrogen-bond donors (Lipinski definition) is 5. The molecule has 0 aliphatic heterocycles. The number of likely N-dealkylation sites (N-methyl/N-ethyl adjacent to an activating group) is 5. The number of pyridine rings is 8. The number of H-pyrrole nitrogens is 5. The lowest BCUT2D eigenvalue weighted by Gasteiger charge is -2.19. The topological polar surface area (TPSA) is 302 Å². The molecule has 5 amide bonds. The van der Waals surface area contributed by atoms with Gasteiger partial charge < -0.3 is 58.9 Å². The van der Waals surface area contributed by atoms with E-state index in [1.54, 1.807) is 110 Å². The van der Waals surface area contributed by atoms with Crippen LogP contribution >= 0.6 is 0 Å². The van der Waals surface area contributed by atoms with E-state index >= 15 is 0 Å². The summed E-state index contributed by atoms with van der Waals surface area (Å²) in [5, 5.41) is 4.76. The van der Waals surface area contributed by atoms with E-state index in [0.29, 0.717) is 11.1 Å². The quantitative estimate of drug-likeness (QED) is 0.0311. The predicted octanol–water partition coefficient (Wildman–Crippen LogP) is 25.7. The van der Waals surface area contributed by atoms with Gasteiger partial charge in [0.25, 0.3) is 0 Å². The summed E-state index contributed by atoms with van der Waals surface area (Å²) in [6, 6.07) is 58.9. The number of ether oxygens (including phenoxy) is 2. The minimum absolute atomic E-state index is 0.0374. The highest BCUT2D eigenvalue weighted by molar-refractivity contribution is 6.07. The lowest BCUT2D eigenvalue weighted by molar-refractivity contribution is -0.114. The first-order valence-electron chi connectivity index (χ1n) is 46.7. The molecule has 13 heterocycles. The summed E-state index contributed by atoms with van der Waals surface area (Å²) in [6.07, 6.45) is 29.3. The van der Waals surface area contributed by atoms with Crippen molar-refractivity contribution in [3.05, 3.63) is 395 Å². The van der Waals surface area contributed by atoms with Crippen LogP contribution in [0.4, 0.5) is 50.4 Å². The highest BCUT2D eigenvalue weighted by Crippen LogP contribution is 2.43. The SMILES string of the molecule is C=CC(=O)N(C)c1cc(-c2cnc3[nH]cc(-c4cccc(C)c4)c3c2)cc(OC)c1F.C=CC(=O)N(C)c1cc(-c2cnc3[nH]cc(-c4cccc(C)c4)c3c2)ccc1F.C=CC(=O)N(C)c1cc(-c2cnc3[nH]cc(-c4ccnc(C)c4)c3c2)cc(OC)c1F.C=CC(=O)N(C)c1cc(-c2cnc3[nH]cc(-c4ccnc(C)c4)c3c2)ccc1F.C=CC(=O)N(C)c1cc(-c2cnc3[nH]cc(-c4ccnc(C)c4)c3c2)ccc1F. The number of aromatic amines is 5.